The third-order valence-electron chi connectivity index (χ3n) is 3.50. The average molecular weight is 301 g/mol. The summed E-state index contributed by atoms with van der Waals surface area (Å²) in [4.78, 5) is 11.7. The normalized spacial score (nSPS) is 11.8. The van der Waals surface area contributed by atoms with Gasteiger partial charge in [0.25, 0.3) is 0 Å². The van der Waals surface area contributed by atoms with Gasteiger partial charge in [-0.1, -0.05) is 26.0 Å². The van der Waals surface area contributed by atoms with Crippen molar-refractivity contribution in [3.05, 3.63) is 59.9 Å². The zero-order valence-electron chi connectivity index (χ0n) is 12.8. The monoisotopic (exact) mass is 301 g/mol. The van der Waals surface area contributed by atoms with E-state index in [0.717, 1.165) is 12.0 Å². The molecule has 0 aromatic heterocycles. The first-order chi connectivity index (χ1) is 10.6. The van der Waals surface area contributed by atoms with Gasteiger partial charge in [0.2, 0.25) is 5.91 Å². The predicted octanol–water partition coefficient (Wildman–Crippen LogP) is 4.28. The van der Waals surface area contributed by atoms with Crippen molar-refractivity contribution in [2.75, 3.05) is 0 Å². The van der Waals surface area contributed by atoms with Crippen molar-refractivity contribution >= 4 is 5.91 Å². The molecule has 1 unspecified atom stereocenters. The Morgan fingerprint density at radius 3 is 2.18 bits per heavy atom. The largest absolute Gasteiger partial charge is 0.457 e. The minimum Gasteiger partial charge on any atom is -0.457 e. The molecule has 0 saturated carbocycles. The van der Waals surface area contributed by atoms with Gasteiger partial charge in [-0.3, -0.25) is 4.79 Å². The van der Waals surface area contributed by atoms with Gasteiger partial charge in [-0.2, -0.15) is 0 Å². The van der Waals surface area contributed by atoms with Crippen LogP contribution in [0.1, 0.15) is 25.8 Å². The summed E-state index contributed by atoms with van der Waals surface area (Å²) in [5.74, 6) is 1.05. The molecule has 0 saturated heterocycles. The van der Waals surface area contributed by atoms with E-state index in [0.29, 0.717) is 18.0 Å². The van der Waals surface area contributed by atoms with E-state index >= 15 is 0 Å². The quantitative estimate of drug-likeness (QED) is 0.865. The average Bonchev–Trinajstić information content (AvgIpc) is 2.55. The van der Waals surface area contributed by atoms with Crippen LogP contribution in [0.2, 0.25) is 0 Å². The number of carbonyl (C=O) groups excluding carboxylic acids is 1. The minimum absolute atomic E-state index is 0.0288. The van der Waals surface area contributed by atoms with Gasteiger partial charge in [0.1, 0.15) is 17.3 Å². The molecule has 2 aromatic carbocycles. The lowest BCUT2D eigenvalue weighted by atomic mass is 10.1. The second-order valence-corrected chi connectivity index (χ2v) is 5.23. The van der Waals surface area contributed by atoms with Gasteiger partial charge in [-0.15, -0.1) is 0 Å². The predicted molar refractivity (Wildman–Crippen MR) is 84.2 cm³/mol. The number of hydrogen-bond acceptors (Lipinski definition) is 2. The number of rotatable bonds is 6. The van der Waals surface area contributed by atoms with Gasteiger partial charge in [0, 0.05) is 12.5 Å². The maximum absolute atomic E-state index is 12.8. The van der Waals surface area contributed by atoms with Crippen molar-refractivity contribution in [2.24, 2.45) is 5.92 Å². The van der Waals surface area contributed by atoms with Gasteiger partial charge in [0.05, 0.1) is 0 Å². The molecule has 2 rings (SSSR count). The van der Waals surface area contributed by atoms with Crippen molar-refractivity contribution in [1.29, 1.82) is 0 Å². The van der Waals surface area contributed by atoms with Crippen molar-refractivity contribution in [3.63, 3.8) is 0 Å². The van der Waals surface area contributed by atoms with Gasteiger partial charge >= 0.3 is 0 Å². The van der Waals surface area contributed by atoms with Crippen LogP contribution in [0, 0.1) is 11.7 Å². The molecule has 116 valence electrons. The fraction of sp³-hybridized carbons (Fsp3) is 0.278. The topological polar surface area (TPSA) is 38.3 Å². The van der Waals surface area contributed by atoms with Crippen molar-refractivity contribution in [2.45, 2.75) is 26.8 Å². The second kappa shape index (κ2) is 7.59. The highest BCUT2D eigenvalue weighted by Crippen LogP contribution is 2.21. The first kappa shape index (κ1) is 16.0. The molecule has 3 nitrogen and oxygen atoms in total. The van der Waals surface area contributed by atoms with Crippen molar-refractivity contribution < 1.29 is 13.9 Å². The summed E-state index contributed by atoms with van der Waals surface area (Å²) in [5, 5.41) is 2.90. The van der Waals surface area contributed by atoms with E-state index in [1.807, 2.05) is 38.1 Å². The zero-order valence-corrected chi connectivity index (χ0v) is 12.8. The summed E-state index contributed by atoms with van der Waals surface area (Å²) in [7, 11) is 0. The Balaban J connectivity index is 1.90. The third-order valence-corrected chi connectivity index (χ3v) is 3.50. The molecule has 4 heteroatoms. The standard InChI is InChI=1S/C18H20FNO2/c1-3-13(2)18(21)20-12-14-4-8-16(9-5-14)22-17-10-6-15(19)7-11-17/h4-11,13H,3,12H2,1-2H3,(H,20,21). The fourth-order valence-corrected chi connectivity index (χ4v) is 1.86. The van der Waals surface area contributed by atoms with E-state index in [9.17, 15) is 9.18 Å². The highest BCUT2D eigenvalue weighted by atomic mass is 19.1. The minimum atomic E-state index is -0.292. The van der Waals surface area contributed by atoms with E-state index < -0.39 is 0 Å². The Morgan fingerprint density at radius 2 is 1.64 bits per heavy atom. The van der Waals surface area contributed by atoms with Crippen LogP contribution in [0.4, 0.5) is 4.39 Å². The molecule has 1 N–H and O–H groups in total. The Labute approximate surface area is 130 Å². The van der Waals surface area contributed by atoms with Gasteiger partial charge < -0.3 is 10.1 Å². The lowest BCUT2D eigenvalue weighted by molar-refractivity contribution is -0.124. The summed E-state index contributed by atoms with van der Waals surface area (Å²) in [5.41, 5.74) is 1.00. The number of amides is 1. The van der Waals surface area contributed by atoms with E-state index in [1.165, 1.54) is 12.1 Å². The molecule has 1 atom stereocenters. The lowest BCUT2D eigenvalue weighted by Gasteiger charge is -2.10. The molecule has 0 aliphatic heterocycles. The Morgan fingerprint density at radius 1 is 1.09 bits per heavy atom. The molecule has 0 aliphatic rings. The summed E-state index contributed by atoms with van der Waals surface area (Å²) < 4.78 is 18.4. The van der Waals surface area contributed by atoms with Crippen LogP contribution in [-0.2, 0) is 11.3 Å². The number of nitrogens with one attached hydrogen (secondary N) is 1. The van der Waals surface area contributed by atoms with Crippen LogP contribution < -0.4 is 10.1 Å². The number of ether oxygens (including phenoxy) is 1. The van der Waals surface area contributed by atoms with E-state index in [2.05, 4.69) is 5.32 Å². The molecule has 0 bridgehead atoms. The molecule has 0 spiro atoms. The molecular formula is C18H20FNO2. The fourth-order valence-electron chi connectivity index (χ4n) is 1.86. The number of benzene rings is 2. The molecule has 0 fully saturated rings. The summed E-state index contributed by atoms with van der Waals surface area (Å²) in [6.45, 7) is 4.40. The Hall–Kier alpha value is -2.36. The van der Waals surface area contributed by atoms with Gasteiger partial charge in [-0.25, -0.2) is 4.39 Å². The van der Waals surface area contributed by atoms with E-state index in [1.54, 1.807) is 12.1 Å². The summed E-state index contributed by atoms with van der Waals surface area (Å²) in [6.07, 6.45) is 0.830. The van der Waals surface area contributed by atoms with Crippen LogP contribution in [0.3, 0.4) is 0 Å². The van der Waals surface area contributed by atoms with Gasteiger partial charge in [-0.05, 0) is 48.4 Å². The number of hydrogen-bond donors (Lipinski definition) is 1. The molecule has 1 amide bonds. The van der Waals surface area contributed by atoms with Crippen LogP contribution >= 0.6 is 0 Å². The Kier molecular flexibility index (Phi) is 5.53. The third kappa shape index (κ3) is 4.58. The zero-order chi connectivity index (χ0) is 15.9. The number of carbonyl (C=O) groups is 1. The van der Waals surface area contributed by atoms with E-state index in [4.69, 9.17) is 4.74 Å². The molecule has 0 aliphatic carbocycles. The maximum atomic E-state index is 12.8. The summed E-state index contributed by atoms with van der Waals surface area (Å²) >= 11 is 0. The van der Waals surface area contributed by atoms with Crippen LogP contribution in [0.25, 0.3) is 0 Å². The SMILES string of the molecule is CCC(C)C(=O)NCc1ccc(Oc2ccc(F)cc2)cc1. The number of halogens is 1. The first-order valence-electron chi connectivity index (χ1n) is 7.38. The maximum Gasteiger partial charge on any atom is 0.223 e. The molecule has 2 aromatic rings. The van der Waals surface area contributed by atoms with Crippen LogP contribution in [0.5, 0.6) is 11.5 Å². The molecule has 0 heterocycles. The van der Waals surface area contributed by atoms with Crippen LogP contribution in [0.15, 0.2) is 48.5 Å². The highest BCUT2D eigenvalue weighted by Gasteiger charge is 2.09. The smallest absolute Gasteiger partial charge is 0.223 e. The van der Waals surface area contributed by atoms with E-state index in [-0.39, 0.29) is 17.6 Å². The second-order valence-electron chi connectivity index (χ2n) is 5.23. The Bertz CT molecular complexity index is 608. The van der Waals surface area contributed by atoms with Crippen LogP contribution in [-0.4, -0.2) is 5.91 Å². The lowest BCUT2D eigenvalue weighted by Crippen LogP contribution is -2.28. The first-order valence-corrected chi connectivity index (χ1v) is 7.38. The molecular weight excluding hydrogens is 281 g/mol. The highest BCUT2D eigenvalue weighted by molar-refractivity contribution is 5.78. The van der Waals surface area contributed by atoms with Crippen molar-refractivity contribution in [3.8, 4) is 11.5 Å². The van der Waals surface area contributed by atoms with Crippen molar-refractivity contribution in [1.82, 2.24) is 5.32 Å². The summed E-state index contributed by atoms with van der Waals surface area (Å²) in [6, 6.07) is 13.3. The molecule has 0 radical (unpaired) electrons. The van der Waals surface area contributed by atoms with Gasteiger partial charge in [0.15, 0.2) is 0 Å². The molecule has 22 heavy (non-hydrogen) atoms.